The zero-order chi connectivity index (χ0) is 26.9. The Balaban J connectivity index is 1.53. The van der Waals surface area contributed by atoms with Crippen molar-refractivity contribution in [1.82, 2.24) is 9.80 Å². The van der Waals surface area contributed by atoms with Crippen molar-refractivity contribution < 1.29 is 27.9 Å². The van der Waals surface area contributed by atoms with Crippen molar-refractivity contribution in [1.29, 1.82) is 0 Å². The molecule has 0 bridgehead atoms. The standard InChI is InChI=1S/C29H34FN3O5/c1-3-36-27-9-5-4-8-26(27)31-29(35)33(18-24-7-6-16-37-24)20-28(34)32(19-25-15-10-21(2)38-25)17-22-11-13-23(30)14-12-22/h4-5,8-15,24H,3,6-7,16-20H2,1-2H3,(H,31,35). The van der Waals surface area contributed by atoms with Crippen LogP contribution in [0.2, 0.25) is 0 Å². The van der Waals surface area contributed by atoms with Crippen LogP contribution in [-0.2, 0) is 22.6 Å². The quantitative estimate of drug-likeness (QED) is 0.365. The number of urea groups is 1. The van der Waals surface area contributed by atoms with Crippen LogP contribution in [0, 0.1) is 12.7 Å². The molecule has 4 rings (SSSR count). The molecule has 3 aromatic rings. The smallest absolute Gasteiger partial charge is 0.322 e. The van der Waals surface area contributed by atoms with Gasteiger partial charge in [0.1, 0.15) is 29.6 Å². The molecule has 2 aromatic carbocycles. The van der Waals surface area contributed by atoms with Gasteiger partial charge in [-0.15, -0.1) is 0 Å². The maximum atomic E-state index is 13.7. The number of amides is 3. The lowest BCUT2D eigenvalue weighted by Crippen LogP contribution is -2.46. The van der Waals surface area contributed by atoms with Crippen molar-refractivity contribution in [2.75, 3.05) is 31.6 Å². The number of nitrogens with one attached hydrogen (secondary N) is 1. The van der Waals surface area contributed by atoms with E-state index in [1.54, 1.807) is 29.2 Å². The first-order valence-electron chi connectivity index (χ1n) is 12.9. The van der Waals surface area contributed by atoms with E-state index in [0.717, 1.165) is 24.2 Å². The maximum Gasteiger partial charge on any atom is 0.322 e. The molecule has 202 valence electrons. The van der Waals surface area contributed by atoms with Gasteiger partial charge in [-0.2, -0.15) is 0 Å². The second-order valence-electron chi connectivity index (χ2n) is 9.26. The minimum Gasteiger partial charge on any atom is -0.492 e. The van der Waals surface area contributed by atoms with Crippen molar-refractivity contribution in [2.45, 2.75) is 45.9 Å². The first-order valence-corrected chi connectivity index (χ1v) is 12.9. The van der Waals surface area contributed by atoms with Crippen LogP contribution in [0.1, 0.15) is 36.8 Å². The molecule has 0 spiro atoms. The number of nitrogens with zero attached hydrogens (tertiary/aromatic N) is 2. The fraction of sp³-hybridized carbons (Fsp3) is 0.379. The van der Waals surface area contributed by atoms with Gasteiger partial charge in [-0.05, 0) is 68.7 Å². The van der Waals surface area contributed by atoms with Crippen molar-refractivity contribution in [3.05, 3.63) is 83.6 Å². The molecular formula is C29H34FN3O5. The lowest BCUT2D eigenvalue weighted by molar-refractivity contribution is -0.133. The molecule has 1 atom stereocenters. The van der Waals surface area contributed by atoms with E-state index in [0.29, 0.717) is 30.4 Å². The number of aryl methyl sites for hydroxylation is 1. The van der Waals surface area contributed by atoms with Crippen LogP contribution in [0.3, 0.4) is 0 Å². The highest BCUT2D eigenvalue weighted by Crippen LogP contribution is 2.24. The number of carbonyl (C=O) groups is 2. The number of furan rings is 1. The van der Waals surface area contributed by atoms with E-state index in [2.05, 4.69) is 5.32 Å². The summed E-state index contributed by atoms with van der Waals surface area (Å²) in [6, 6.07) is 16.4. The Hall–Kier alpha value is -3.85. The largest absolute Gasteiger partial charge is 0.492 e. The highest BCUT2D eigenvalue weighted by molar-refractivity contribution is 5.93. The molecule has 1 N–H and O–H groups in total. The second kappa shape index (κ2) is 13.1. The molecule has 0 aliphatic carbocycles. The Kier molecular flexibility index (Phi) is 9.37. The molecule has 38 heavy (non-hydrogen) atoms. The minimum absolute atomic E-state index is 0.144. The molecular weight excluding hydrogens is 489 g/mol. The lowest BCUT2D eigenvalue weighted by Gasteiger charge is -2.29. The van der Waals surface area contributed by atoms with Crippen molar-refractivity contribution >= 4 is 17.6 Å². The maximum absolute atomic E-state index is 13.7. The summed E-state index contributed by atoms with van der Waals surface area (Å²) in [6.45, 7) is 5.36. The van der Waals surface area contributed by atoms with Crippen molar-refractivity contribution in [3.8, 4) is 5.75 Å². The van der Waals surface area contributed by atoms with Crippen LogP contribution in [-0.4, -0.2) is 54.1 Å². The average molecular weight is 524 g/mol. The molecule has 1 aliphatic heterocycles. The number of hydrogen-bond donors (Lipinski definition) is 1. The number of para-hydroxylation sites is 2. The molecule has 2 heterocycles. The summed E-state index contributed by atoms with van der Waals surface area (Å²) < 4.78 is 30.6. The number of rotatable bonds is 11. The van der Waals surface area contributed by atoms with Crippen LogP contribution < -0.4 is 10.1 Å². The van der Waals surface area contributed by atoms with E-state index in [1.165, 1.54) is 17.0 Å². The average Bonchev–Trinajstić information content (AvgIpc) is 3.57. The van der Waals surface area contributed by atoms with Gasteiger partial charge in [0.2, 0.25) is 5.91 Å². The predicted octanol–water partition coefficient (Wildman–Crippen LogP) is 5.37. The molecule has 0 saturated carbocycles. The Bertz CT molecular complexity index is 1210. The molecule has 8 nitrogen and oxygen atoms in total. The van der Waals surface area contributed by atoms with Gasteiger partial charge in [-0.3, -0.25) is 4.79 Å². The normalized spacial score (nSPS) is 14.8. The highest BCUT2D eigenvalue weighted by Gasteiger charge is 2.27. The first kappa shape index (κ1) is 27.2. The third-order valence-corrected chi connectivity index (χ3v) is 6.27. The Morgan fingerprint density at radius 2 is 1.84 bits per heavy atom. The summed E-state index contributed by atoms with van der Waals surface area (Å²) in [5.41, 5.74) is 1.29. The van der Waals surface area contributed by atoms with E-state index in [-0.39, 0.29) is 44.0 Å². The number of carbonyl (C=O) groups excluding carboxylic acids is 2. The van der Waals surface area contributed by atoms with E-state index >= 15 is 0 Å². The van der Waals surface area contributed by atoms with Crippen molar-refractivity contribution in [3.63, 3.8) is 0 Å². The van der Waals surface area contributed by atoms with Gasteiger partial charge in [-0.1, -0.05) is 24.3 Å². The van der Waals surface area contributed by atoms with Crippen LogP contribution in [0.5, 0.6) is 5.75 Å². The lowest BCUT2D eigenvalue weighted by atomic mass is 10.2. The van der Waals surface area contributed by atoms with Gasteiger partial charge >= 0.3 is 6.03 Å². The molecule has 1 fully saturated rings. The molecule has 0 radical (unpaired) electrons. The van der Waals surface area contributed by atoms with Gasteiger partial charge in [-0.25, -0.2) is 9.18 Å². The van der Waals surface area contributed by atoms with Crippen LogP contribution >= 0.6 is 0 Å². The zero-order valence-electron chi connectivity index (χ0n) is 21.8. The van der Waals surface area contributed by atoms with E-state index in [1.807, 2.05) is 38.1 Å². The number of hydrogen-bond acceptors (Lipinski definition) is 5. The SMILES string of the molecule is CCOc1ccccc1NC(=O)N(CC(=O)N(Cc1ccc(F)cc1)Cc1ccc(C)o1)CC1CCCO1. The minimum atomic E-state index is -0.420. The van der Waals surface area contributed by atoms with Crippen LogP contribution in [0.15, 0.2) is 65.1 Å². The summed E-state index contributed by atoms with van der Waals surface area (Å²) in [5, 5.41) is 2.90. The summed E-state index contributed by atoms with van der Waals surface area (Å²) in [7, 11) is 0. The molecule has 1 unspecified atom stereocenters. The number of halogens is 1. The van der Waals surface area contributed by atoms with Gasteiger partial charge in [0.15, 0.2) is 0 Å². The van der Waals surface area contributed by atoms with E-state index in [4.69, 9.17) is 13.9 Å². The topological polar surface area (TPSA) is 84.3 Å². The Morgan fingerprint density at radius 3 is 2.53 bits per heavy atom. The van der Waals surface area contributed by atoms with Gasteiger partial charge in [0, 0.05) is 19.7 Å². The number of ether oxygens (including phenoxy) is 2. The highest BCUT2D eigenvalue weighted by atomic mass is 19.1. The predicted molar refractivity (Wildman–Crippen MR) is 141 cm³/mol. The number of anilines is 1. The molecule has 9 heteroatoms. The van der Waals surface area contributed by atoms with Gasteiger partial charge < -0.3 is 29.0 Å². The molecule has 1 aliphatic rings. The second-order valence-corrected chi connectivity index (χ2v) is 9.26. The molecule has 1 aromatic heterocycles. The summed E-state index contributed by atoms with van der Waals surface area (Å²) in [6.07, 6.45) is 1.59. The molecule has 3 amide bonds. The third kappa shape index (κ3) is 7.58. The first-order chi connectivity index (χ1) is 18.4. The Morgan fingerprint density at radius 1 is 1.05 bits per heavy atom. The fourth-order valence-corrected chi connectivity index (χ4v) is 4.36. The number of benzene rings is 2. The van der Waals surface area contributed by atoms with Gasteiger partial charge in [0.25, 0.3) is 0 Å². The summed E-state index contributed by atoms with van der Waals surface area (Å²) in [4.78, 5) is 30.2. The van der Waals surface area contributed by atoms with Crippen molar-refractivity contribution in [2.24, 2.45) is 0 Å². The third-order valence-electron chi connectivity index (χ3n) is 6.27. The fourth-order valence-electron chi connectivity index (χ4n) is 4.36. The van der Waals surface area contributed by atoms with Gasteiger partial charge in [0.05, 0.1) is 24.9 Å². The van der Waals surface area contributed by atoms with Crippen LogP contribution in [0.25, 0.3) is 0 Å². The summed E-state index contributed by atoms with van der Waals surface area (Å²) in [5.74, 6) is 1.30. The van der Waals surface area contributed by atoms with E-state index < -0.39 is 6.03 Å². The zero-order valence-corrected chi connectivity index (χ0v) is 21.8. The van der Waals surface area contributed by atoms with E-state index in [9.17, 15) is 14.0 Å². The van der Waals surface area contributed by atoms with Crippen LogP contribution in [0.4, 0.5) is 14.9 Å². The summed E-state index contributed by atoms with van der Waals surface area (Å²) >= 11 is 0. The monoisotopic (exact) mass is 523 g/mol. The Labute approximate surface area is 222 Å². The molecule has 1 saturated heterocycles.